The maximum atomic E-state index is 12.1. The largest absolute Gasteiger partial charge is 0.397 e. The number of aromatic nitrogens is 2. The summed E-state index contributed by atoms with van der Waals surface area (Å²) in [6.45, 7) is 3.24. The van der Waals surface area contributed by atoms with E-state index in [0.29, 0.717) is 16.4 Å². The van der Waals surface area contributed by atoms with Gasteiger partial charge in [-0.25, -0.2) is 13.1 Å². The van der Waals surface area contributed by atoms with Crippen LogP contribution in [0.25, 0.3) is 0 Å². The van der Waals surface area contributed by atoms with Crippen LogP contribution in [0.5, 0.6) is 0 Å². The summed E-state index contributed by atoms with van der Waals surface area (Å²) in [5, 5.41) is 3.81. The second kappa shape index (κ2) is 4.71. The monoisotopic (exact) mass is 302 g/mol. The SMILES string of the molecule is Cc1noc(NS(=O)(=O)c2cc(C)c(Cl)c(N)c2)n1. The fourth-order valence-electron chi connectivity index (χ4n) is 1.43. The lowest BCUT2D eigenvalue weighted by molar-refractivity contribution is 0.429. The zero-order chi connectivity index (χ0) is 14.2. The molecular weight excluding hydrogens is 292 g/mol. The van der Waals surface area contributed by atoms with Crippen LogP contribution in [0.15, 0.2) is 21.6 Å². The second-order valence-corrected chi connectivity index (χ2v) is 5.96. The van der Waals surface area contributed by atoms with E-state index in [9.17, 15) is 8.42 Å². The van der Waals surface area contributed by atoms with Gasteiger partial charge in [-0.3, -0.25) is 0 Å². The molecule has 7 nitrogen and oxygen atoms in total. The molecule has 0 atom stereocenters. The predicted molar refractivity (Wildman–Crippen MR) is 70.4 cm³/mol. The third-order valence-corrected chi connectivity index (χ3v) is 4.13. The van der Waals surface area contributed by atoms with E-state index in [1.165, 1.54) is 12.1 Å². The summed E-state index contributed by atoms with van der Waals surface area (Å²) in [7, 11) is -3.85. The fraction of sp³-hybridized carbons (Fsp3) is 0.200. The van der Waals surface area contributed by atoms with Crippen molar-refractivity contribution in [3.8, 4) is 0 Å². The maximum Gasteiger partial charge on any atom is 0.335 e. The minimum absolute atomic E-state index is 0.0252. The quantitative estimate of drug-likeness (QED) is 0.835. The number of halogens is 1. The molecule has 0 amide bonds. The van der Waals surface area contributed by atoms with Gasteiger partial charge in [0.15, 0.2) is 5.82 Å². The molecule has 0 unspecified atom stereocenters. The Labute approximate surface area is 114 Å². The summed E-state index contributed by atoms with van der Waals surface area (Å²) in [4.78, 5) is 3.73. The predicted octanol–water partition coefficient (Wildman–Crippen LogP) is 1.72. The summed E-state index contributed by atoms with van der Waals surface area (Å²) >= 11 is 5.88. The summed E-state index contributed by atoms with van der Waals surface area (Å²) in [5.41, 5.74) is 6.38. The average Bonchev–Trinajstić information content (AvgIpc) is 2.70. The highest BCUT2D eigenvalue weighted by atomic mass is 35.5. The van der Waals surface area contributed by atoms with Gasteiger partial charge in [0.2, 0.25) is 0 Å². The molecule has 2 aromatic rings. The van der Waals surface area contributed by atoms with Gasteiger partial charge in [0, 0.05) is 0 Å². The fourth-order valence-corrected chi connectivity index (χ4v) is 2.58. The van der Waals surface area contributed by atoms with Gasteiger partial charge in [0.25, 0.3) is 10.0 Å². The van der Waals surface area contributed by atoms with E-state index in [2.05, 4.69) is 14.9 Å². The Bertz CT molecular complexity index is 703. The topological polar surface area (TPSA) is 111 Å². The first-order valence-corrected chi connectivity index (χ1v) is 7.04. The van der Waals surface area contributed by atoms with Crippen LogP contribution in [0.3, 0.4) is 0 Å². The molecular formula is C10H11ClN4O3S. The van der Waals surface area contributed by atoms with Crippen molar-refractivity contribution in [3.05, 3.63) is 28.5 Å². The van der Waals surface area contributed by atoms with Gasteiger partial charge in [0.1, 0.15) is 0 Å². The molecule has 0 bridgehead atoms. The molecule has 0 saturated carbocycles. The van der Waals surface area contributed by atoms with E-state index in [-0.39, 0.29) is 16.6 Å². The Morgan fingerprint density at radius 2 is 2.05 bits per heavy atom. The Kier molecular flexibility index (Phi) is 3.38. The van der Waals surface area contributed by atoms with Crippen LogP contribution in [-0.2, 0) is 10.0 Å². The minimum atomic E-state index is -3.85. The molecule has 2 rings (SSSR count). The molecule has 19 heavy (non-hydrogen) atoms. The molecule has 1 heterocycles. The summed E-state index contributed by atoms with van der Waals surface area (Å²) < 4.78 is 31.0. The van der Waals surface area contributed by atoms with E-state index in [4.69, 9.17) is 21.9 Å². The number of nitrogens with two attached hydrogens (primary N) is 1. The van der Waals surface area contributed by atoms with Crippen molar-refractivity contribution in [3.63, 3.8) is 0 Å². The van der Waals surface area contributed by atoms with Crippen molar-refractivity contribution >= 4 is 33.3 Å². The van der Waals surface area contributed by atoms with Gasteiger partial charge in [-0.05, 0) is 31.5 Å². The number of rotatable bonds is 3. The Balaban J connectivity index is 2.40. The molecule has 1 aromatic carbocycles. The highest BCUT2D eigenvalue weighted by Crippen LogP contribution is 2.27. The van der Waals surface area contributed by atoms with Crippen LogP contribution in [0.2, 0.25) is 5.02 Å². The third kappa shape index (κ3) is 2.79. The molecule has 1 aromatic heterocycles. The summed E-state index contributed by atoms with van der Waals surface area (Å²) in [6.07, 6.45) is 0. The van der Waals surface area contributed by atoms with Gasteiger partial charge in [0.05, 0.1) is 15.6 Å². The van der Waals surface area contributed by atoms with E-state index in [1.807, 2.05) is 0 Å². The number of hydrogen-bond acceptors (Lipinski definition) is 6. The Morgan fingerprint density at radius 1 is 1.37 bits per heavy atom. The molecule has 9 heteroatoms. The zero-order valence-corrected chi connectivity index (χ0v) is 11.7. The van der Waals surface area contributed by atoms with Crippen LogP contribution in [0, 0.1) is 13.8 Å². The van der Waals surface area contributed by atoms with Crippen molar-refractivity contribution in [1.82, 2.24) is 10.1 Å². The van der Waals surface area contributed by atoms with Gasteiger partial charge >= 0.3 is 6.01 Å². The lowest BCUT2D eigenvalue weighted by Crippen LogP contribution is -2.14. The number of hydrogen-bond donors (Lipinski definition) is 2. The van der Waals surface area contributed by atoms with Gasteiger partial charge in [-0.15, -0.1) is 0 Å². The summed E-state index contributed by atoms with van der Waals surface area (Å²) in [6, 6.07) is 2.47. The molecule has 102 valence electrons. The first kappa shape index (κ1) is 13.6. The molecule has 0 radical (unpaired) electrons. The van der Waals surface area contributed by atoms with E-state index < -0.39 is 10.0 Å². The van der Waals surface area contributed by atoms with Crippen LogP contribution in [0.1, 0.15) is 11.4 Å². The molecule has 0 fully saturated rings. The average molecular weight is 303 g/mol. The Hall–Kier alpha value is -1.80. The smallest absolute Gasteiger partial charge is 0.335 e. The van der Waals surface area contributed by atoms with Crippen molar-refractivity contribution in [1.29, 1.82) is 0 Å². The summed E-state index contributed by atoms with van der Waals surface area (Å²) in [5.74, 6) is 0.324. The van der Waals surface area contributed by atoms with E-state index in [0.717, 1.165) is 0 Å². The van der Waals surface area contributed by atoms with E-state index >= 15 is 0 Å². The molecule has 0 spiro atoms. The van der Waals surface area contributed by atoms with Crippen LogP contribution in [0.4, 0.5) is 11.7 Å². The maximum absolute atomic E-state index is 12.1. The number of nitrogens with one attached hydrogen (secondary N) is 1. The molecule has 0 aliphatic carbocycles. The van der Waals surface area contributed by atoms with Crippen LogP contribution >= 0.6 is 11.6 Å². The first-order valence-electron chi connectivity index (χ1n) is 5.18. The van der Waals surface area contributed by atoms with Crippen molar-refractivity contribution in [2.24, 2.45) is 0 Å². The van der Waals surface area contributed by atoms with Gasteiger partial charge in [-0.2, -0.15) is 4.98 Å². The van der Waals surface area contributed by atoms with Crippen LogP contribution in [-0.4, -0.2) is 18.6 Å². The Morgan fingerprint density at radius 3 is 2.58 bits per heavy atom. The van der Waals surface area contributed by atoms with Crippen LogP contribution < -0.4 is 10.5 Å². The minimum Gasteiger partial charge on any atom is -0.397 e. The van der Waals surface area contributed by atoms with Crippen molar-refractivity contribution in [2.45, 2.75) is 18.7 Å². The molecule has 0 saturated heterocycles. The zero-order valence-electron chi connectivity index (χ0n) is 10.1. The number of anilines is 2. The molecule has 0 aliphatic rings. The number of nitrogens with zero attached hydrogens (tertiary/aromatic N) is 2. The van der Waals surface area contributed by atoms with E-state index in [1.54, 1.807) is 13.8 Å². The lowest BCUT2D eigenvalue weighted by Gasteiger charge is -2.08. The molecule has 0 aliphatic heterocycles. The standard InChI is InChI=1S/C10H11ClN4O3S/c1-5-3-7(4-8(12)9(5)11)19(16,17)15-10-13-6(2)14-18-10/h3-4H,12H2,1-2H3,(H,13,14,15). The second-order valence-electron chi connectivity index (χ2n) is 3.90. The number of nitrogen functional groups attached to an aromatic ring is 1. The van der Waals surface area contributed by atoms with Gasteiger partial charge < -0.3 is 10.3 Å². The highest BCUT2D eigenvalue weighted by Gasteiger charge is 2.19. The van der Waals surface area contributed by atoms with Gasteiger partial charge in [-0.1, -0.05) is 16.8 Å². The normalized spacial score (nSPS) is 11.5. The number of aryl methyl sites for hydroxylation is 2. The first-order chi connectivity index (χ1) is 8.79. The van der Waals surface area contributed by atoms with Crippen molar-refractivity contribution in [2.75, 3.05) is 10.5 Å². The highest BCUT2D eigenvalue weighted by molar-refractivity contribution is 7.92. The lowest BCUT2D eigenvalue weighted by atomic mass is 10.2. The van der Waals surface area contributed by atoms with Crippen molar-refractivity contribution < 1.29 is 12.9 Å². The number of benzene rings is 1. The molecule has 3 N–H and O–H groups in total. The third-order valence-electron chi connectivity index (χ3n) is 2.32. The number of sulfonamides is 1.